The Morgan fingerprint density at radius 3 is 2.56 bits per heavy atom. The fourth-order valence-electron chi connectivity index (χ4n) is 1.50. The molecule has 1 heterocycles. The standard InChI is InChI=1S/C12H11Cl2NS/c1-15-7-9-3-2-8(6-10(9)13)11-4-5-12(14)16-11/h2-6,15H,7H2,1H3. The van der Waals surface area contributed by atoms with Gasteiger partial charge in [-0.1, -0.05) is 35.3 Å². The molecule has 0 spiro atoms. The molecule has 1 aromatic carbocycles. The highest BCUT2D eigenvalue weighted by Gasteiger charge is 2.05. The Labute approximate surface area is 109 Å². The van der Waals surface area contributed by atoms with Gasteiger partial charge in [-0.3, -0.25) is 0 Å². The fourth-order valence-corrected chi connectivity index (χ4v) is 2.79. The Hall–Kier alpha value is -0.540. The molecule has 0 bridgehead atoms. The summed E-state index contributed by atoms with van der Waals surface area (Å²) in [6.07, 6.45) is 0. The average Bonchev–Trinajstić information content (AvgIpc) is 2.68. The van der Waals surface area contributed by atoms with Crippen LogP contribution in [0.25, 0.3) is 10.4 Å². The first-order chi connectivity index (χ1) is 7.70. The van der Waals surface area contributed by atoms with E-state index in [0.29, 0.717) is 0 Å². The maximum atomic E-state index is 6.20. The lowest BCUT2D eigenvalue weighted by Gasteiger charge is -2.05. The van der Waals surface area contributed by atoms with Gasteiger partial charge in [0.2, 0.25) is 0 Å². The summed E-state index contributed by atoms with van der Waals surface area (Å²) in [7, 11) is 1.91. The highest BCUT2D eigenvalue weighted by molar-refractivity contribution is 7.19. The van der Waals surface area contributed by atoms with Gasteiger partial charge in [0.1, 0.15) is 0 Å². The van der Waals surface area contributed by atoms with Crippen molar-refractivity contribution in [2.45, 2.75) is 6.54 Å². The van der Waals surface area contributed by atoms with Gasteiger partial charge in [0, 0.05) is 16.4 Å². The summed E-state index contributed by atoms with van der Waals surface area (Å²) >= 11 is 13.7. The van der Waals surface area contributed by atoms with Crippen LogP contribution in [0, 0.1) is 0 Å². The SMILES string of the molecule is CNCc1ccc(-c2ccc(Cl)s2)cc1Cl. The molecule has 0 amide bonds. The molecule has 16 heavy (non-hydrogen) atoms. The van der Waals surface area contributed by atoms with Crippen molar-refractivity contribution in [3.05, 3.63) is 45.3 Å². The first-order valence-corrected chi connectivity index (χ1v) is 6.46. The Balaban J connectivity index is 2.34. The van der Waals surface area contributed by atoms with E-state index in [-0.39, 0.29) is 0 Å². The lowest BCUT2D eigenvalue weighted by atomic mass is 10.1. The first kappa shape index (κ1) is 11.9. The molecule has 1 aromatic heterocycles. The molecular weight excluding hydrogens is 261 g/mol. The highest BCUT2D eigenvalue weighted by Crippen LogP contribution is 2.33. The molecule has 2 rings (SSSR count). The maximum absolute atomic E-state index is 6.20. The maximum Gasteiger partial charge on any atom is 0.0934 e. The summed E-state index contributed by atoms with van der Waals surface area (Å²) in [6.45, 7) is 0.782. The number of thiophene rings is 1. The molecule has 0 aliphatic rings. The van der Waals surface area contributed by atoms with E-state index in [1.807, 2.05) is 31.3 Å². The molecule has 4 heteroatoms. The quantitative estimate of drug-likeness (QED) is 0.870. The second-order valence-electron chi connectivity index (χ2n) is 3.44. The Kier molecular flexibility index (Phi) is 3.87. The van der Waals surface area contributed by atoms with Crippen molar-refractivity contribution in [1.82, 2.24) is 5.32 Å². The van der Waals surface area contributed by atoms with Crippen LogP contribution in [0.4, 0.5) is 0 Å². The van der Waals surface area contributed by atoms with Crippen LogP contribution in [-0.4, -0.2) is 7.05 Å². The first-order valence-electron chi connectivity index (χ1n) is 4.89. The van der Waals surface area contributed by atoms with Crippen molar-refractivity contribution in [2.24, 2.45) is 0 Å². The number of halogens is 2. The number of benzene rings is 1. The predicted molar refractivity (Wildman–Crippen MR) is 72.5 cm³/mol. The van der Waals surface area contributed by atoms with E-state index in [0.717, 1.165) is 31.9 Å². The fraction of sp³-hybridized carbons (Fsp3) is 0.167. The molecule has 0 radical (unpaired) electrons. The smallest absolute Gasteiger partial charge is 0.0934 e. The average molecular weight is 272 g/mol. The van der Waals surface area contributed by atoms with E-state index in [4.69, 9.17) is 23.2 Å². The molecule has 2 aromatic rings. The van der Waals surface area contributed by atoms with Crippen LogP contribution in [0.1, 0.15) is 5.56 Å². The van der Waals surface area contributed by atoms with Crippen molar-refractivity contribution in [2.75, 3.05) is 7.05 Å². The molecule has 0 unspecified atom stereocenters. The van der Waals surface area contributed by atoms with E-state index >= 15 is 0 Å². The van der Waals surface area contributed by atoms with Crippen LogP contribution in [0.3, 0.4) is 0 Å². The number of rotatable bonds is 3. The lowest BCUT2D eigenvalue weighted by molar-refractivity contribution is 0.818. The molecule has 0 aliphatic heterocycles. The Morgan fingerprint density at radius 1 is 1.19 bits per heavy atom. The summed E-state index contributed by atoms with van der Waals surface area (Å²) in [4.78, 5) is 1.14. The van der Waals surface area contributed by atoms with Gasteiger partial charge < -0.3 is 5.32 Å². The van der Waals surface area contributed by atoms with Crippen molar-refractivity contribution in [3.8, 4) is 10.4 Å². The summed E-state index contributed by atoms with van der Waals surface area (Å²) in [5.74, 6) is 0. The third-order valence-corrected chi connectivity index (χ3v) is 3.91. The van der Waals surface area contributed by atoms with Crippen LogP contribution in [0.5, 0.6) is 0 Å². The van der Waals surface area contributed by atoms with Crippen molar-refractivity contribution in [3.63, 3.8) is 0 Å². The lowest BCUT2D eigenvalue weighted by Crippen LogP contribution is -2.05. The summed E-state index contributed by atoms with van der Waals surface area (Å²) in [5.41, 5.74) is 2.22. The van der Waals surface area contributed by atoms with Crippen LogP contribution in [-0.2, 0) is 6.54 Å². The van der Waals surface area contributed by atoms with Gasteiger partial charge in [-0.05, 0) is 36.4 Å². The normalized spacial score (nSPS) is 10.7. The van der Waals surface area contributed by atoms with Crippen molar-refractivity contribution < 1.29 is 0 Å². The minimum absolute atomic E-state index is 0.782. The third-order valence-electron chi connectivity index (χ3n) is 2.28. The molecule has 0 saturated carbocycles. The zero-order valence-corrected chi connectivity index (χ0v) is 11.1. The third kappa shape index (κ3) is 2.58. The van der Waals surface area contributed by atoms with Gasteiger partial charge in [0.05, 0.1) is 4.34 Å². The Morgan fingerprint density at radius 2 is 2.00 bits per heavy atom. The van der Waals surface area contributed by atoms with Crippen LogP contribution in [0.2, 0.25) is 9.36 Å². The molecular formula is C12H11Cl2NS. The van der Waals surface area contributed by atoms with E-state index in [1.165, 1.54) is 0 Å². The molecule has 1 nitrogen and oxygen atoms in total. The van der Waals surface area contributed by atoms with Gasteiger partial charge in [0.25, 0.3) is 0 Å². The Bertz CT molecular complexity index is 494. The van der Waals surface area contributed by atoms with E-state index in [2.05, 4.69) is 11.4 Å². The van der Waals surface area contributed by atoms with Gasteiger partial charge >= 0.3 is 0 Å². The second-order valence-corrected chi connectivity index (χ2v) is 5.56. The van der Waals surface area contributed by atoms with Crippen molar-refractivity contribution in [1.29, 1.82) is 0 Å². The number of hydrogen-bond donors (Lipinski definition) is 1. The largest absolute Gasteiger partial charge is 0.316 e. The molecule has 0 aliphatic carbocycles. The zero-order chi connectivity index (χ0) is 11.5. The highest BCUT2D eigenvalue weighted by atomic mass is 35.5. The van der Waals surface area contributed by atoms with Gasteiger partial charge in [-0.2, -0.15) is 0 Å². The van der Waals surface area contributed by atoms with E-state index in [1.54, 1.807) is 11.3 Å². The topological polar surface area (TPSA) is 12.0 Å². The van der Waals surface area contributed by atoms with Gasteiger partial charge in [0.15, 0.2) is 0 Å². The van der Waals surface area contributed by atoms with Crippen LogP contribution in [0.15, 0.2) is 30.3 Å². The van der Waals surface area contributed by atoms with Crippen LogP contribution >= 0.6 is 34.5 Å². The summed E-state index contributed by atoms with van der Waals surface area (Å²) in [5, 5.41) is 3.87. The van der Waals surface area contributed by atoms with E-state index in [9.17, 15) is 0 Å². The molecule has 0 saturated heterocycles. The monoisotopic (exact) mass is 271 g/mol. The second kappa shape index (κ2) is 5.19. The van der Waals surface area contributed by atoms with Gasteiger partial charge in [-0.15, -0.1) is 11.3 Å². The number of nitrogens with one attached hydrogen (secondary N) is 1. The zero-order valence-electron chi connectivity index (χ0n) is 8.76. The summed E-state index contributed by atoms with van der Waals surface area (Å²) in [6, 6.07) is 10.0. The summed E-state index contributed by atoms with van der Waals surface area (Å²) < 4.78 is 0.797. The van der Waals surface area contributed by atoms with Crippen molar-refractivity contribution >= 4 is 34.5 Å². The van der Waals surface area contributed by atoms with E-state index < -0.39 is 0 Å². The van der Waals surface area contributed by atoms with Gasteiger partial charge in [-0.25, -0.2) is 0 Å². The molecule has 84 valence electrons. The van der Waals surface area contributed by atoms with Crippen LogP contribution < -0.4 is 5.32 Å². The predicted octanol–water partition coefficient (Wildman–Crippen LogP) is 4.44. The molecule has 0 fully saturated rings. The minimum atomic E-state index is 0.782. The molecule has 1 N–H and O–H groups in total. The number of hydrogen-bond acceptors (Lipinski definition) is 2. The molecule has 0 atom stereocenters. The minimum Gasteiger partial charge on any atom is -0.316 e.